The van der Waals surface area contributed by atoms with E-state index in [9.17, 15) is 0 Å². The van der Waals surface area contributed by atoms with Crippen molar-refractivity contribution in [2.75, 3.05) is 13.2 Å². The average molecular weight is 286 g/mol. The van der Waals surface area contributed by atoms with E-state index in [2.05, 4.69) is 35.1 Å². The van der Waals surface area contributed by atoms with Crippen LogP contribution in [-0.4, -0.2) is 19.2 Å². The minimum absolute atomic E-state index is 0.614. The summed E-state index contributed by atoms with van der Waals surface area (Å²) in [4.78, 5) is 0. The number of ether oxygens (including phenoxy) is 1. The zero-order valence-corrected chi connectivity index (χ0v) is 11.6. The molecular formula is C13H20BrNO. The lowest BCUT2D eigenvalue weighted by atomic mass is 10.2. The maximum absolute atomic E-state index is 5.67. The fourth-order valence-corrected chi connectivity index (χ4v) is 1.96. The summed E-state index contributed by atoms with van der Waals surface area (Å²) in [5.41, 5.74) is 0. The van der Waals surface area contributed by atoms with Gasteiger partial charge in [0.25, 0.3) is 0 Å². The number of hydrogen-bond acceptors (Lipinski definition) is 2. The van der Waals surface area contributed by atoms with Crippen molar-refractivity contribution < 1.29 is 4.74 Å². The van der Waals surface area contributed by atoms with Gasteiger partial charge in [-0.3, -0.25) is 0 Å². The highest BCUT2D eigenvalue weighted by Gasteiger charge is 2.02. The molecule has 3 heteroatoms. The Morgan fingerprint density at radius 2 is 1.94 bits per heavy atom. The first kappa shape index (κ1) is 13.5. The third kappa shape index (κ3) is 4.54. The molecule has 1 aromatic carbocycles. The minimum atomic E-state index is 0.614. The van der Waals surface area contributed by atoms with Gasteiger partial charge in [-0.2, -0.15) is 0 Å². The summed E-state index contributed by atoms with van der Waals surface area (Å²) in [6.07, 6.45) is 2.34. The number of hydrogen-bond donors (Lipinski definition) is 1. The van der Waals surface area contributed by atoms with Gasteiger partial charge in [0, 0.05) is 12.6 Å². The first-order chi connectivity index (χ1) is 7.77. The van der Waals surface area contributed by atoms with Crippen LogP contribution in [0.2, 0.25) is 0 Å². The number of benzene rings is 1. The normalized spacial score (nSPS) is 10.8. The smallest absolute Gasteiger partial charge is 0.133 e. The van der Waals surface area contributed by atoms with Crippen LogP contribution < -0.4 is 10.1 Å². The monoisotopic (exact) mass is 285 g/mol. The molecule has 0 unspecified atom stereocenters. The summed E-state index contributed by atoms with van der Waals surface area (Å²) >= 11 is 3.46. The van der Waals surface area contributed by atoms with E-state index in [1.54, 1.807) is 0 Å². The van der Waals surface area contributed by atoms with Crippen molar-refractivity contribution in [1.29, 1.82) is 0 Å². The van der Waals surface area contributed by atoms with E-state index in [0.29, 0.717) is 12.6 Å². The fourth-order valence-electron chi connectivity index (χ4n) is 1.56. The topological polar surface area (TPSA) is 21.3 Å². The predicted octanol–water partition coefficient (Wildman–Crippen LogP) is 3.61. The molecule has 0 atom stereocenters. The highest BCUT2D eigenvalue weighted by atomic mass is 79.9. The molecule has 2 nitrogen and oxygen atoms in total. The summed E-state index contributed by atoms with van der Waals surface area (Å²) in [6.45, 7) is 6.01. The molecule has 0 saturated heterocycles. The Balaban J connectivity index is 2.23. The zero-order chi connectivity index (χ0) is 11.8. The van der Waals surface area contributed by atoms with Crippen LogP contribution in [0.4, 0.5) is 0 Å². The highest BCUT2D eigenvalue weighted by molar-refractivity contribution is 9.10. The van der Waals surface area contributed by atoms with E-state index in [-0.39, 0.29) is 0 Å². The van der Waals surface area contributed by atoms with Gasteiger partial charge < -0.3 is 10.1 Å². The molecule has 0 aromatic heterocycles. The number of halogens is 1. The van der Waals surface area contributed by atoms with E-state index in [4.69, 9.17) is 4.74 Å². The van der Waals surface area contributed by atoms with E-state index in [0.717, 1.165) is 16.8 Å². The lowest BCUT2D eigenvalue weighted by molar-refractivity contribution is 0.301. The molecule has 0 fully saturated rings. The van der Waals surface area contributed by atoms with Gasteiger partial charge in [-0.25, -0.2) is 0 Å². The quantitative estimate of drug-likeness (QED) is 0.773. The maximum Gasteiger partial charge on any atom is 0.133 e. The molecule has 0 bridgehead atoms. The van der Waals surface area contributed by atoms with Crippen molar-refractivity contribution in [3.8, 4) is 5.75 Å². The molecule has 90 valence electrons. The molecule has 1 N–H and O–H groups in total. The van der Waals surface area contributed by atoms with Crippen molar-refractivity contribution in [3.63, 3.8) is 0 Å². The maximum atomic E-state index is 5.67. The van der Waals surface area contributed by atoms with Crippen LogP contribution >= 0.6 is 15.9 Å². The molecule has 0 spiro atoms. The van der Waals surface area contributed by atoms with Gasteiger partial charge >= 0.3 is 0 Å². The van der Waals surface area contributed by atoms with Gasteiger partial charge in [-0.15, -0.1) is 0 Å². The Morgan fingerprint density at radius 1 is 1.25 bits per heavy atom. The Bertz CT molecular complexity index is 300. The SMILES string of the molecule is CCC(CC)NCCOc1ccccc1Br. The first-order valence-corrected chi connectivity index (χ1v) is 6.68. The van der Waals surface area contributed by atoms with Gasteiger partial charge in [0.1, 0.15) is 12.4 Å². The second-order valence-corrected chi connectivity index (χ2v) is 4.60. The summed E-state index contributed by atoms with van der Waals surface area (Å²) in [5.74, 6) is 0.911. The third-order valence-corrected chi connectivity index (χ3v) is 3.27. The van der Waals surface area contributed by atoms with Gasteiger partial charge in [0.2, 0.25) is 0 Å². The fraction of sp³-hybridized carbons (Fsp3) is 0.538. The van der Waals surface area contributed by atoms with Crippen LogP contribution in [0.1, 0.15) is 26.7 Å². The van der Waals surface area contributed by atoms with E-state index in [1.165, 1.54) is 12.8 Å². The summed E-state index contributed by atoms with van der Waals surface area (Å²) in [5, 5.41) is 3.47. The minimum Gasteiger partial charge on any atom is -0.491 e. The van der Waals surface area contributed by atoms with Crippen molar-refractivity contribution in [1.82, 2.24) is 5.32 Å². The van der Waals surface area contributed by atoms with Crippen LogP contribution in [0.5, 0.6) is 5.75 Å². The van der Waals surface area contributed by atoms with Crippen molar-refractivity contribution in [2.24, 2.45) is 0 Å². The third-order valence-electron chi connectivity index (χ3n) is 2.61. The second-order valence-electron chi connectivity index (χ2n) is 3.75. The largest absolute Gasteiger partial charge is 0.491 e. The molecule has 0 aliphatic rings. The molecule has 1 aromatic rings. The average Bonchev–Trinajstić information content (AvgIpc) is 2.31. The Hall–Kier alpha value is -0.540. The van der Waals surface area contributed by atoms with Gasteiger partial charge in [-0.05, 0) is 40.9 Å². The molecule has 0 aliphatic carbocycles. The molecule has 16 heavy (non-hydrogen) atoms. The Morgan fingerprint density at radius 3 is 2.56 bits per heavy atom. The van der Waals surface area contributed by atoms with Crippen LogP contribution in [0.3, 0.4) is 0 Å². The van der Waals surface area contributed by atoms with E-state index >= 15 is 0 Å². The molecule has 0 saturated carbocycles. The predicted molar refractivity (Wildman–Crippen MR) is 72.0 cm³/mol. The molecule has 1 rings (SSSR count). The summed E-state index contributed by atoms with van der Waals surface area (Å²) < 4.78 is 6.68. The second kappa shape index (κ2) is 7.69. The van der Waals surface area contributed by atoms with Crippen LogP contribution in [0.15, 0.2) is 28.7 Å². The van der Waals surface area contributed by atoms with Gasteiger partial charge in [0.05, 0.1) is 4.47 Å². The van der Waals surface area contributed by atoms with Crippen molar-refractivity contribution >= 4 is 15.9 Å². The Labute approximate surface area is 107 Å². The Kier molecular flexibility index (Phi) is 6.50. The number of nitrogens with one attached hydrogen (secondary N) is 1. The molecule has 0 radical (unpaired) electrons. The van der Waals surface area contributed by atoms with Crippen LogP contribution in [0, 0.1) is 0 Å². The molecule has 0 aliphatic heterocycles. The number of rotatable bonds is 7. The van der Waals surface area contributed by atoms with Crippen molar-refractivity contribution in [2.45, 2.75) is 32.7 Å². The summed E-state index contributed by atoms with van der Waals surface area (Å²) in [6, 6.07) is 8.54. The summed E-state index contributed by atoms with van der Waals surface area (Å²) in [7, 11) is 0. The lowest BCUT2D eigenvalue weighted by Gasteiger charge is -2.15. The van der Waals surface area contributed by atoms with Gasteiger partial charge in [-0.1, -0.05) is 26.0 Å². The molecule has 0 amide bonds. The standard InChI is InChI=1S/C13H20BrNO/c1-3-11(4-2)15-9-10-16-13-8-6-5-7-12(13)14/h5-8,11,15H,3-4,9-10H2,1-2H3. The van der Waals surface area contributed by atoms with E-state index in [1.807, 2.05) is 24.3 Å². The van der Waals surface area contributed by atoms with E-state index < -0.39 is 0 Å². The number of para-hydroxylation sites is 1. The first-order valence-electron chi connectivity index (χ1n) is 5.88. The highest BCUT2D eigenvalue weighted by Crippen LogP contribution is 2.23. The molecular weight excluding hydrogens is 266 g/mol. The lowest BCUT2D eigenvalue weighted by Crippen LogP contribution is -2.31. The zero-order valence-electron chi connectivity index (χ0n) is 10.0. The van der Waals surface area contributed by atoms with Crippen LogP contribution in [0.25, 0.3) is 0 Å². The van der Waals surface area contributed by atoms with Crippen LogP contribution in [-0.2, 0) is 0 Å². The molecule has 0 heterocycles. The van der Waals surface area contributed by atoms with Gasteiger partial charge in [0.15, 0.2) is 0 Å². The van der Waals surface area contributed by atoms with Crippen molar-refractivity contribution in [3.05, 3.63) is 28.7 Å².